The van der Waals surface area contributed by atoms with Gasteiger partial charge in [-0.3, -0.25) is 14.9 Å². The van der Waals surface area contributed by atoms with E-state index in [4.69, 9.17) is 5.73 Å². The standard InChI is InChI=1S/C13H14N4O3/c14-9-3-1-8(2-4-9)10(18)17-6-5-13(7-17)11(19)15-12(20)16-13/h1-4H,5-7,14H2,(H2,15,16,19,20). The number of amides is 4. The van der Waals surface area contributed by atoms with Gasteiger partial charge in [-0.2, -0.15) is 0 Å². The maximum absolute atomic E-state index is 12.3. The van der Waals surface area contributed by atoms with Crippen LogP contribution in [-0.2, 0) is 4.79 Å². The fourth-order valence-electron chi connectivity index (χ4n) is 2.61. The van der Waals surface area contributed by atoms with Crippen molar-refractivity contribution < 1.29 is 14.4 Å². The van der Waals surface area contributed by atoms with E-state index >= 15 is 0 Å². The number of hydrogen-bond donors (Lipinski definition) is 3. The van der Waals surface area contributed by atoms with Crippen molar-refractivity contribution in [1.29, 1.82) is 0 Å². The number of likely N-dealkylation sites (tertiary alicyclic amines) is 1. The van der Waals surface area contributed by atoms with E-state index in [1.54, 1.807) is 29.2 Å². The van der Waals surface area contributed by atoms with Gasteiger partial charge < -0.3 is 16.0 Å². The van der Waals surface area contributed by atoms with Crippen LogP contribution in [0.4, 0.5) is 10.5 Å². The lowest BCUT2D eigenvalue weighted by molar-refractivity contribution is -0.123. The van der Waals surface area contributed by atoms with Gasteiger partial charge in [0.25, 0.3) is 11.8 Å². The van der Waals surface area contributed by atoms with Crippen molar-refractivity contribution in [2.45, 2.75) is 12.0 Å². The zero-order valence-electron chi connectivity index (χ0n) is 10.7. The summed E-state index contributed by atoms with van der Waals surface area (Å²) in [6, 6.07) is 6.11. The fraction of sp³-hybridized carbons (Fsp3) is 0.308. The molecule has 0 aliphatic carbocycles. The van der Waals surface area contributed by atoms with Crippen molar-refractivity contribution >= 4 is 23.5 Å². The molecule has 2 aliphatic heterocycles. The molecule has 2 heterocycles. The monoisotopic (exact) mass is 274 g/mol. The summed E-state index contributed by atoms with van der Waals surface area (Å²) in [4.78, 5) is 36.9. The molecule has 0 bridgehead atoms. The molecular formula is C13H14N4O3. The molecule has 0 radical (unpaired) electrons. The molecule has 7 heteroatoms. The number of nitrogens with two attached hydrogens (primary N) is 1. The third-order valence-corrected chi connectivity index (χ3v) is 3.73. The Kier molecular flexibility index (Phi) is 2.63. The lowest BCUT2D eigenvalue weighted by atomic mass is 9.99. The third-order valence-electron chi connectivity index (χ3n) is 3.73. The quantitative estimate of drug-likeness (QED) is 0.482. The lowest BCUT2D eigenvalue weighted by Gasteiger charge is -2.21. The second-order valence-electron chi connectivity index (χ2n) is 5.09. The molecule has 7 nitrogen and oxygen atoms in total. The van der Waals surface area contributed by atoms with Gasteiger partial charge in [0, 0.05) is 17.8 Å². The van der Waals surface area contributed by atoms with Crippen molar-refractivity contribution in [3.05, 3.63) is 29.8 Å². The van der Waals surface area contributed by atoms with Crippen LogP contribution < -0.4 is 16.4 Å². The summed E-state index contributed by atoms with van der Waals surface area (Å²) in [5.74, 6) is -0.536. The van der Waals surface area contributed by atoms with Crippen molar-refractivity contribution in [3.63, 3.8) is 0 Å². The summed E-state index contributed by atoms with van der Waals surface area (Å²) >= 11 is 0. The van der Waals surface area contributed by atoms with E-state index in [-0.39, 0.29) is 18.4 Å². The number of urea groups is 1. The Hall–Kier alpha value is -2.57. The SMILES string of the molecule is Nc1ccc(C(=O)N2CCC3(C2)NC(=O)NC3=O)cc1. The number of imide groups is 1. The molecule has 3 rings (SSSR count). The smallest absolute Gasteiger partial charge is 0.322 e. The second kappa shape index (κ2) is 4.22. The molecule has 2 saturated heterocycles. The number of rotatable bonds is 1. The Morgan fingerprint density at radius 1 is 1.25 bits per heavy atom. The zero-order valence-corrected chi connectivity index (χ0v) is 10.7. The number of hydrogen-bond acceptors (Lipinski definition) is 4. The molecule has 4 N–H and O–H groups in total. The average molecular weight is 274 g/mol. The summed E-state index contributed by atoms with van der Waals surface area (Å²) in [6.07, 6.45) is 0.422. The minimum Gasteiger partial charge on any atom is -0.399 e. The van der Waals surface area contributed by atoms with Crippen molar-refractivity contribution in [2.75, 3.05) is 18.8 Å². The van der Waals surface area contributed by atoms with Crippen LogP contribution in [0.5, 0.6) is 0 Å². The van der Waals surface area contributed by atoms with Crippen molar-refractivity contribution in [3.8, 4) is 0 Å². The first kappa shape index (κ1) is 12.5. The van der Waals surface area contributed by atoms with Crippen LogP contribution in [0, 0.1) is 0 Å². The first-order valence-corrected chi connectivity index (χ1v) is 6.29. The Labute approximate surface area is 115 Å². The van der Waals surface area contributed by atoms with Gasteiger partial charge in [-0.25, -0.2) is 4.79 Å². The van der Waals surface area contributed by atoms with E-state index in [1.807, 2.05) is 0 Å². The van der Waals surface area contributed by atoms with E-state index in [1.165, 1.54) is 0 Å². The van der Waals surface area contributed by atoms with E-state index in [0.29, 0.717) is 24.2 Å². The molecule has 2 aliphatic rings. The van der Waals surface area contributed by atoms with Crippen LogP contribution in [0.25, 0.3) is 0 Å². The highest BCUT2D eigenvalue weighted by Crippen LogP contribution is 2.26. The maximum Gasteiger partial charge on any atom is 0.322 e. The van der Waals surface area contributed by atoms with Crippen LogP contribution in [0.15, 0.2) is 24.3 Å². The van der Waals surface area contributed by atoms with Crippen LogP contribution in [0.1, 0.15) is 16.8 Å². The molecule has 0 aromatic heterocycles. The van der Waals surface area contributed by atoms with Crippen LogP contribution in [0.2, 0.25) is 0 Å². The maximum atomic E-state index is 12.3. The summed E-state index contributed by atoms with van der Waals surface area (Å²) < 4.78 is 0. The van der Waals surface area contributed by atoms with Crippen LogP contribution in [0.3, 0.4) is 0 Å². The molecule has 1 atom stereocenters. The molecule has 4 amide bonds. The van der Waals surface area contributed by atoms with E-state index in [2.05, 4.69) is 10.6 Å². The normalized spacial score (nSPS) is 24.9. The van der Waals surface area contributed by atoms with E-state index < -0.39 is 11.6 Å². The minimum atomic E-state index is -0.972. The number of nitrogens with one attached hydrogen (secondary N) is 2. The fourth-order valence-corrected chi connectivity index (χ4v) is 2.61. The van der Waals surface area contributed by atoms with Crippen molar-refractivity contribution in [1.82, 2.24) is 15.5 Å². The highest BCUT2D eigenvalue weighted by Gasteiger charge is 2.51. The topological polar surface area (TPSA) is 105 Å². The zero-order chi connectivity index (χ0) is 14.3. The number of anilines is 1. The number of nitrogens with zero attached hydrogens (tertiary/aromatic N) is 1. The Morgan fingerprint density at radius 2 is 1.95 bits per heavy atom. The highest BCUT2D eigenvalue weighted by atomic mass is 16.2. The molecule has 104 valence electrons. The summed E-state index contributed by atoms with van der Waals surface area (Å²) in [6.45, 7) is 0.616. The first-order valence-electron chi connectivity index (χ1n) is 6.29. The molecule has 0 saturated carbocycles. The molecule has 20 heavy (non-hydrogen) atoms. The Balaban J connectivity index is 1.77. The van der Waals surface area contributed by atoms with Crippen molar-refractivity contribution in [2.24, 2.45) is 0 Å². The number of nitrogen functional groups attached to an aromatic ring is 1. The highest BCUT2D eigenvalue weighted by molar-refractivity contribution is 6.08. The first-order chi connectivity index (χ1) is 9.50. The van der Waals surface area contributed by atoms with Gasteiger partial charge >= 0.3 is 6.03 Å². The summed E-state index contributed by atoms with van der Waals surface area (Å²) in [7, 11) is 0. The average Bonchev–Trinajstić information content (AvgIpc) is 2.95. The Morgan fingerprint density at radius 3 is 2.55 bits per heavy atom. The second-order valence-corrected chi connectivity index (χ2v) is 5.09. The van der Waals surface area contributed by atoms with Gasteiger partial charge in [0.2, 0.25) is 0 Å². The van der Waals surface area contributed by atoms with E-state index in [9.17, 15) is 14.4 Å². The molecular weight excluding hydrogens is 260 g/mol. The number of benzene rings is 1. The molecule has 2 fully saturated rings. The van der Waals surface area contributed by atoms with Gasteiger partial charge in [-0.15, -0.1) is 0 Å². The predicted molar refractivity (Wildman–Crippen MR) is 70.8 cm³/mol. The van der Waals surface area contributed by atoms with Gasteiger partial charge in [0.1, 0.15) is 5.54 Å². The molecule has 1 unspecified atom stereocenters. The minimum absolute atomic E-state index is 0.171. The third kappa shape index (κ3) is 1.87. The molecule has 1 aromatic rings. The summed E-state index contributed by atoms with van der Waals surface area (Å²) in [5.41, 5.74) is 5.71. The van der Waals surface area contributed by atoms with Gasteiger partial charge in [0.15, 0.2) is 0 Å². The van der Waals surface area contributed by atoms with Gasteiger partial charge in [-0.05, 0) is 30.7 Å². The predicted octanol–water partition coefficient (Wildman–Crippen LogP) is -0.307. The molecule has 1 spiro atoms. The van der Waals surface area contributed by atoms with Gasteiger partial charge in [-0.1, -0.05) is 0 Å². The Bertz CT molecular complexity index is 598. The summed E-state index contributed by atoms with van der Waals surface area (Å²) in [5, 5.41) is 4.82. The van der Waals surface area contributed by atoms with Crippen LogP contribution >= 0.6 is 0 Å². The molecule has 1 aromatic carbocycles. The van der Waals surface area contributed by atoms with E-state index in [0.717, 1.165) is 0 Å². The van der Waals surface area contributed by atoms with Crippen LogP contribution in [-0.4, -0.2) is 41.4 Å². The lowest BCUT2D eigenvalue weighted by Crippen LogP contribution is -2.49. The number of carbonyl (C=O) groups is 3. The number of carbonyl (C=O) groups excluding carboxylic acids is 3. The largest absolute Gasteiger partial charge is 0.399 e. The van der Waals surface area contributed by atoms with Gasteiger partial charge in [0.05, 0.1) is 6.54 Å².